The first-order valence-electron chi connectivity index (χ1n) is 13.4. The molecule has 0 unspecified atom stereocenters. The van der Waals surface area contributed by atoms with E-state index in [1.54, 1.807) is 22.9 Å². The minimum Gasteiger partial charge on any atom is -0.330 e. The first-order valence-corrected chi connectivity index (χ1v) is 13.4. The minimum atomic E-state index is -0.645. The van der Waals surface area contributed by atoms with Gasteiger partial charge in [0.05, 0.1) is 29.7 Å². The number of anilines is 1. The molecule has 4 N–H and O–H groups in total. The number of urea groups is 1. The third-order valence-electron chi connectivity index (χ3n) is 7.38. The van der Waals surface area contributed by atoms with E-state index in [-0.39, 0.29) is 29.8 Å². The number of rotatable bonds is 8. The van der Waals surface area contributed by atoms with Crippen molar-refractivity contribution in [2.45, 2.75) is 51.7 Å². The number of carbonyl (C=O) groups is 3. The highest BCUT2D eigenvalue weighted by Crippen LogP contribution is 2.40. The molecule has 2 aliphatic rings. The molecule has 0 spiro atoms. The molecule has 2 aliphatic heterocycles. The van der Waals surface area contributed by atoms with Crippen LogP contribution in [0.4, 0.5) is 10.6 Å². The maximum atomic E-state index is 13.6. The molecule has 11 nitrogen and oxygen atoms in total. The molecule has 210 valence electrons. The highest BCUT2D eigenvalue weighted by molar-refractivity contribution is 5.93. The Kier molecular flexibility index (Phi) is 8.71. The second-order valence-corrected chi connectivity index (χ2v) is 11.0. The van der Waals surface area contributed by atoms with E-state index in [4.69, 9.17) is 0 Å². The van der Waals surface area contributed by atoms with Gasteiger partial charge < -0.3 is 20.4 Å². The van der Waals surface area contributed by atoms with E-state index in [1.165, 1.54) is 6.08 Å². The molecule has 0 aliphatic carbocycles. The Bertz CT molecular complexity index is 1210. The van der Waals surface area contributed by atoms with E-state index < -0.39 is 5.54 Å². The van der Waals surface area contributed by atoms with Crippen molar-refractivity contribution >= 4 is 23.7 Å². The van der Waals surface area contributed by atoms with Gasteiger partial charge in [0.25, 0.3) is 5.91 Å². The second-order valence-electron chi connectivity index (χ2n) is 11.0. The Labute approximate surface area is 230 Å². The van der Waals surface area contributed by atoms with Gasteiger partial charge in [-0.2, -0.15) is 5.10 Å². The zero-order valence-electron chi connectivity index (χ0n) is 23.5. The van der Waals surface area contributed by atoms with Crippen LogP contribution in [0.3, 0.4) is 0 Å². The summed E-state index contributed by atoms with van der Waals surface area (Å²) in [4.78, 5) is 42.5. The Morgan fingerprint density at radius 2 is 1.97 bits per heavy atom. The van der Waals surface area contributed by atoms with Crippen molar-refractivity contribution in [1.29, 1.82) is 0 Å². The standard InChI is InChI=1S/C28H40N8O3/c1-6-11-23(37)33-35-15-10-14-20(16-35)26(38)30-25-21-17-36(28(2,3)24(21)31-32-25)27(39)29-22(18-34(4)5)19-12-8-7-9-13-19/h6-9,11-13,20,22H,10,14-18H2,1-5H3,(H,29,39)(H,33,37)(H2,30,31,32,38)/b11-6+/t20-,22+/m0/s1. The molecule has 4 amide bonds. The molecule has 1 aromatic heterocycles. The van der Waals surface area contributed by atoms with Gasteiger partial charge >= 0.3 is 6.03 Å². The van der Waals surface area contributed by atoms with Gasteiger partial charge in [0.1, 0.15) is 0 Å². The molecule has 3 heterocycles. The largest absolute Gasteiger partial charge is 0.330 e. The summed E-state index contributed by atoms with van der Waals surface area (Å²) in [5, 5.41) is 15.4. The summed E-state index contributed by atoms with van der Waals surface area (Å²) in [6.07, 6.45) is 4.66. The molecule has 1 fully saturated rings. The molecule has 2 atom stereocenters. The zero-order chi connectivity index (χ0) is 28.2. The van der Waals surface area contributed by atoms with E-state index in [2.05, 4.69) is 26.3 Å². The lowest BCUT2D eigenvalue weighted by molar-refractivity contribution is -0.126. The van der Waals surface area contributed by atoms with Crippen LogP contribution in [0.25, 0.3) is 0 Å². The molecule has 39 heavy (non-hydrogen) atoms. The van der Waals surface area contributed by atoms with Gasteiger partial charge in [-0.15, -0.1) is 0 Å². The quantitative estimate of drug-likeness (QED) is 0.385. The fourth-order valence-corrected chi connectivity index (χ4v) is 5.31. The minimum absolute atomic E-state index is 0.148. The van der Waals surface area contributed by atoms with Crippen molar-refractivity contribution in [2.75, 3.05) is 39.0 Å². The fraction of sp³-hybridized carbons (Fsp3) is 0.500. The van der Waals surface area contributed by atoms with Crippen LogP contribution in [-0.4, -0.2) is 76.6 Å². The SMILES string of the molecule is C/C=C/C(=O)NN1CCC[C@H](C(=O)Nc2n[nH]c3c2CN(C(=O)N[C@H](CN(C)C)c2ccccc2)C3(C)C)C1. The average Bonchev–Trinajstić information content (AvgIpc) is 3.41. The van der Waals surface area contributed by atoms with Crippen LogP contribution in [0.1, 0.15) is 56.5 Å². The topological polar surface area (TPSA) is 126 Å². The summed E-state index contributed by atoms with van der Waals surface area (Å²) in [6.45, 7) is 7.82. The number of aromatic nitrogens is 2. The van der Waals surface area contributed by atoms with Crippen LogP contribution in [0, 0.1) is 5.92 Å². The van der Waals surface area contributed by atoms with Gasteiger partial charge in [0.2, 0.25) is 5.91 Å². The van der Waals surface area contributed by atoms with Crippen LogP contribution in [0.15, 0.2) is 42.5 Å². The van der Waals surface area contributed by atoms with Gasteiger partial charge in [-0.05, 0) is 59.3 Å². The van der Waals surface area contributed by atoms with Crippen molar-refractivity contribution in [2.24, 2.45) is 5.92 Å². The number of aromatic amines is 1. The van der Waals surface area contributed by atoms with Gasteiger partial charge in [0.15, 0.2) is 5.82 Å². The molecule has 1 aromatic carbocycles. The Morgan fingerprint density at radius 3 is 2.67 bits per heavy atom. The summed E-state index contributed by atoms with van der Waals surface area (Å²) < 4.78 is 0. The molecule has 0 saturated carbocycles. The van der Waals surface area contributed by atoms with E-state index >= 15 is 0 Å². The number of piperidine rings is 1. The van der Waals surface area contributed by atoms with E-state index in [1.807, 2.05) is 63.2 Å². The Morgan fingerprint density at radius 1 is 1.23 bits per heavy atom. The van der Waals surface area contributed by atoms with Crippen molar-refractivity contribution in [1.82, 2.24) is 35.7 Å². The summed E-state index contributed by atoms with van der Waals surface area (Å²) in [5.74, 6) is -0.195. The first-order chi connectivity index (χ1) is 18.6. The van der Waals surface area contributed by atoms with E-state index in [0.29, 0.717) is 32.0 Å². The number of nitrogens with zero attached hydrogens (tertiary/aromatic N) is 4. The number of allylic oxidation sites excluding steroid dienone is 1. The maximum absolute atomic E-state index is 13.6. The monoisotopic (exact) mass is 536 g/mol. The zero-order valence-corrected chi connectivity index (χ0v) is 23.5. The lowest BCUT2D eigenvalue weighted by Crippen LogP contribution is -2.49. The average molecular weight is 537 g/mol. The number of benzene rings is 1. The van der Waals surface area contributed by atoms with Crippen molar-refractivity contribution < 1.29 is 14.4 Å². The predicted molar refractivity (Wildman–Crippen MR) is 149 cm³/mol. The molecule has 11 heteroatoms. The number of carbonyl (C=O) groups excluding carboxylic acids is 3. The van der Waals surface area contributed by atoms with Gasteiger partial charge in [0, 0.05) is 25.2 Å². The van der Waals surface area contributed by atoms with Crippen molar-refractivity contribution in [3.63, 3.8) is 0 Å². The van der Waals surface area contributed by atoms with E-state index in [9.17, 15) is 14.4 Å². The third-order valence-corrected chi connectivity index (χ3v) is 7.38. The van der Waals surface area contributed by atoms with E-state index in [0.717, 1.165) is 29.7 Å². The van der Waals surface area contributed by atoms with Crippen LogP contribution >= 0.6 is 0 Å². The molecule has 0 bridgehead atoms. The van der Waals surface area contributed by atoms with Crippen LogP contribution in [0.2, 0.25) is 0 Å². The van der Waals surface area contributed by atoms with Crippen LogP contribution in [-0.2, 0) is 21.7 Å². The smallest absolute Gasteiger partial charge is 0.319 e. The summed E-state index contributed by atoms with van der Waals surface area (Å²) in [5.41, 5.74) is 4.83. The normalized spacial score (nSPS) is 19.6. The van der Waals surface area contributed by atoms with Gasteiger partial charge in [-0.25, -0.2) is 9.80 Å². The highest BCUT2D eigenvalue weighted by Gasteiger charge is 2.44. The maximum Gasteiger partial charge on any atom is 0.319 e. The van der Waals surface area contributed by atoms with Crippen molar-refractivity contribution in [3.8, 4) is 0 Å². The highest BCUT2D eigenvalue weighted by atomic mass is 16.2. The number of fused-ring (bicyclic) bond motifs is 1. The first kappa shape index (κ1) is 28.3. The number of amides is 4. The Hall–Kier alpha value is -3.70. The molecular weight excluding hydrogens is 496 g/mol. The molecule has 2 aromatic rings. The number of nitrogens with one attached hydrogen (secondary N) is 4. The molecular formula is C28H40N8O3. The lowest BCUT2D eigenvalue weighted by atomic mass is 9.98. The molecule has 0 radical (unpaired) electrons. The third kappa shape index (κ3) is 6.48. The lowest BCUT2D eigenvalue weighted by Gasteiger charge is -2.34. The van der Waals surface area contributed by atoms with Crippen LogP contribution in [0.5, 0.6) is 0 Å². The molecule has 4 rings (SSSR count). The summed E-state index contributed by atoms with van der Waals surface area (Å²) in [6, 6.07) is 9.57. The number of likely N-dealkylation sites (N-methyl/N-ethyl adjacent to an activating group) is 1. The number of hydrazine groups is 1. The number of hydrogen-bond acceptors (Lipinski definition) is 6. The summed E-state index contributed by atoms with van der Waals surface area (Å²) >= 11 is 0. The fourth-order valence-electron chi connectivity index (χ4n) is 5.31. The second kappa shape index (κ2) is 12.0. The van der Waals surface area contributed by atoms with Gasteiger partial charge in [-0.1, -0.05) is 36.4 Å². The Balaban J connectivity index is 1.43. The van der Waals surface area contributed by atoms with Crippen LogP contribution < -0.4 is 16.1 Å². The number of hydrogen-bond donors (Lipinski definition) is 4. The predicted octanol–water partition coefficient (Wildman–Crippen LogP) is 2.73. The van der Waals surface area contributed by atoms with Crippen molar-refractivity contribution in [3.05, 3.63) is 59.3 Å². The number of H-pyrrole nitrogens is 1. The van der Waals surface area contributed by atoms with Gasteiger partial charge in [-0.3, -0.25) is 20.1 Å². The summed E-state index contributed by atoms with van der Waals surface area (Å²) in [7, 11) is 3.96. The molecule has 1 saturated heterocycles.